The Morgan fingerprint density at radius 2 is 2.29 bits per heavy atom. The van der Waals surface area contributed by atoms with Crippen LogP contribution in [0.25, 0.3) is 0 Å². The summed E-state index contributed by atoms with van der Waals surface area (Å²) in [5.74, 6) is 1.65. The number of rotatable bonds is 4. The third kappa shape index (κ3) is 3.69. The lowest BCUT2D eigenvalue weighted by molar-refractivity contribution is 0.433. The van der Waals surface area contributed by atoms with Gasteiger partial charge in [-0.1, -0.05) is 28.1 Å². The highest BCUT2D eigenvalue weighted by Gasteiger charge is 2.19. The van der Waals surface area contributed by atoms with Gasteiger partial charge in [0.25, 0.3) is 0 Å². The molecule has 4 heteroatoms. The Morgan fingerprint density at radius 1 is 1.38 bits per heavy atom. The highest BCUT2D eigenvalue weighted by molar-refractivity contribution is 9.10. The molecule has 1 N–H and O–H groups in total. The van der Waals surface area contributed by atoms with Crippen molar-refractivity contribution in [1.29, 1.82) is 0 Å². The first-order valence-electron chi connectivity index (χ1n) is 7.47. The molecule has 0 aliphatic heterocycles. The van der Waals surface area contributed by atoms with E-state index in [9.17, 15) is 0 Å². The largest absolute Gasteiger partial charge is 0.319 e. The summed E-state index contributed by atoms with van der Waals surface area (Å²) in [6.45, 7) is 1.08. The smallest absolute Gasteiger partial charge is 0.132 e. The molecule has 3 nitrogen and oxygen atoms in total. The molecule has 0 amide bonds. The first-order valence-corrected chi connectivity index (χ1v) is 8.26. The monoisotopic (exact) mass is 345 g/mol. The third-order valence-electron chi connectivity index (χ3n) is 4.05. The number of nitrogens with zero attached hydrogens (tertiary/aromatic N) is 2. The summed E-state index contributed by atoms with van der Waals surface area (Å²) >= 11 is 3.51. The fraction of sp³-hybridized carbons (Fsp3) is 0.412. The number of fused-ring (bicyclic) bond motifs is 1. The van der Waals surface area contributed by atoms with Gasteiger partial charge in [-0.15, -0.1) is 0 Å². The summed E-state index contributed by atoms with van der Waals surface area (Å²) in [4.78, 5) is 9.35. The molecule has 3 rings (SSSR count). The van der Waals surface area contributed by atoms with Crippen molar-refractivity contribution in [3.63, 3.8) is 0 Å². The molecular formula is C17H20BrN3. The maximum absolute atomic E-state index is 4.79. The Balaban J connectivity index is 1.75. The second-order valence-electron chi connectivity index (χ2n) is 5.73. The van der Waals surface area contributed by atoms with E-state index < -0.39 is 0 Å². The van der Waals surface area contributed by atoms with Crippen LogP contribution >= 0.6 is 15.9 Å². The Kier molecular flexibility index (Phi) is 4.66. The van der Waals surface area contributed by atoms with Crippen molar-refractivity contribution in [3.8, 4) is 0 Å². The normalized spacial score (nSPS) is 17.5. The summed E-state index contributed by atoms with van der Waals surface area (Å²) in [6.07, 6.45) is 6.24. The molecule has 0 bridgehead atoms. The van der Waals surface area contributed by atoms with Gasteiger partial charge >= 0.3 is 0 Å². The highest BCUT2D eigenvalue weighted by Crippen LogP contribution is 2.24. The molecule has 1 heterocycles. The van der Waals surface area contributed by atoms with Gasteiger partial charge in [0.1, 0.15) is 5.82 Å². The number of benzene rings is 1. The molecule has 1 atom stereocenters. The Morgan fingerprint density at radius 3 is 3.10 bits per heavy atom. The van der Waals surface area contributed by atoms with Crippen LogP contribution < -0.4 is 5.32 Å². The van der Waals surface area contributed by atoms with Crippen molar-refractivity contribution in [2.75, 3.05) is 13.6 Å². The van der Waals surface area contributed by atoms with Crippen molar-refractivity contribution in [2.24, 2.45) is 5.92 Å². The lowest BCUT2D eigenvalue weighted by atomic mass is 9.87. The van der Waals surface area contributed by atoms with Gasteiger partial charge in [-0.2, -0.15) is 0 Å². The van der Waals surface area contributed by atoms with Crippen LogP contribution in [0.1, 0.15) is 29.1 Å². The van der Waals surface area contributed by atoms with E-state index in [1.807, 2.05) is 19.3 Å². The molecule has 1 aromatic heterocycles. The van der Waals surface area contributed by atoms with Crippen LogP contribution in [0.3, 0.4) is 0 Å². The van der Waals surface area contributed by atoms with Crippen LogP contribution in [0.2, 0.25) is 0 Å². The minimum absolute atomic E-state index is 0.724. The van der Waals surface area contributed by atoms with Gasteiger partial charge in [0.15, 0.2) is 0 Å². The number of hydrogen-bond donors (Lipinski definition) is 1. The Labute approximate surface area is 134 Å². The molecule has 1 unspecified atom stereocenters. The fourth-order valence-corrected chi connectivity index (χ4v) is 3.45. The molecule has 110 valence electrons. The van der Waals surface area contributed by atoms with E-state index in [2.05, 4.69) is 44.4 Å². The van der Waals surface area contributed by atoms with E-state index in [0.717, 1.165) is 42.0 Å². The van der Waals surface area contributed by atoms with E-state index in [-0.39, 0.29) is 0 Å². The number of aryl methyl sites for hydroxylation is 1. The number of hydrogen-bond acceptors (Lipinski definition) is 3. The summed E-state index contributed by atoms with van der Waals surface area (Å²) in [7, 11) is 2.02. The Bertz CT molecular complexity index is 627. The lowest BCUT2D eigenvalue weighted by Gasteiger charge is -2.23. The molecule has 1 aromatic carbocycles. The molecule has 0 saturated carbocycles. The minimum atomic E-state index is 0.724. The molecule has 0 radical (unpaired) electrons. The second kappa shape index (κ2) is 6.67. The van der Waals surface area contributed by atoms with E-state index in [4.69, 9.17) is 4.98 Å². The van der Waals surface area contributed by atoms with Gasteiger partial charge in [-0.25, -0.2) is 9.97 Å². The number of nitrogens with one attached hydrogen (secondary N) is 1. The van der Waals surface area contributed by atoms with Gasteiger partial charge in [-0.05, 0) is 62.0 Å². The van der Waals surface area contributed by atoms with Crippen LogP contribution in [0.15, 0.2) is 34.9 Å². The minimum Gasteiger partial charge on any atom is -0.319 e. The molecule has 2 aromatic rings. The van der Waals surface area contributed by atoms with Crippen LogP contribution in [0.5, 0.6) is 0 Å². The first kappa shape index (κ1) is 14.7. The van der Waals surface area contributed by atoms with Gasteiger partial charge in [0, 0.05) is 22.8 Å². The number of halogens is 1. The van der Waals surface area contributed by atoms with E-state index >= 15 is 0 Å². The summed E-state index contributed by atoms with van der Waals surface area (Å²) < 4.78 is 1.10. The van der Waals surface area contributed by atoms with Gasteiger partial charge in [0.2, 0.25) is 0 Å². The summed E-state index contributed by atoms with van der Waals surface area (Å²) in [5.41, 5.74) is 3.83. The second-order valence-corrected chi connectivity index (χ2v) is 6.65. The molecular weight excluding hydrogens is 326 g/mol. The van der Waals surface area contributed by atoms with Crippen molar-refractivity contribution in [2.45, 2.75) is 25.7 Å². The molecule has 0 spiro atoms. The SMILES string of the molecule is CNCC1CCc2nc(Cc3cccc(Br)c3)ncc2C1. The van der Waals surface area contributed by atoms with E-state index in [0.29, 0.717) is 0 Å². The molecule has 0 saturated heterocycles. The first-order chi connectivity index (χ1) is 10.2. The van der Waals surface area contributed by atoms with Crippen LogP contribution in [-0.4, -0.2) is 23.6 Å². The topological polar surface area (TPSA) is 37.8 Å². The highest BCUT2D eigenvalue weighted by atomic mass is 79.9. The molecule has 1 aliphatic carbocycles. The summed E-state index contributed by atoms with van der Waals surface area (Å²) in [5, 5.41) is 3.27. The molecule has 21 heavy (non-hydrogen) atoms. The molecule has 0 fully saturated rings. The van der Waals surface area contributed by atoms with Crippen LogP contribution in [0, 0.1) is 5.92 Å². The zero-order chi connectivity index (χ0) is 14.7. The maximum atomic E-state index is 4.79. The van der Waals surface area contributed by atoms with Crippen LogP contribution in [-0.2, 0) is 19.3 Å². The van der Waals surface area contributed by atoms with Gasteiger partial charge in [-0.3, -0.25) is 0 Å². The van der Waals surface area contributed by atoms with Crippen LogP contribution in [0.4, 0.5) is 0 Å². The summed E-state index contributed by atoms with van der Waals surface area (Å²) in [6, 6.07) is 8.35. The van der Waals surface area contributed by atoms with Crippen molar-refractivity contribution < 1.29 is 0 Å². The predicted octanol–water partition coefficient (Wildman–Crippen LogP) is 3.15. The van der Waals surface area contributed by atoms with E-state index in [1.54, 1.807) is 0 Å². The molecule has 1 aliphatic rings. The van der Waals surface area contributed by atoms with Gasteiger partial charge < -0.3 is 5.32 Å². The third-order valence-corrected chi connectivity index (χ3v) is 4.54. The van der Waals surface area contributed by atoms with Gasteiger partial charge in [0.05, 0.1) is 0 Å². The average molecular weight is 346 g/mol. The Hall–Kier alpha value is -1.26. The standard InChI is InChI=1S/C17H20BrN3/c1-19-10-13-5-6-16-14(7-13)11-20-17(21-16)9-12-3-2-4-15(18)8-12/h2-4,8,11,13,19H,5-7,9-10H2,1H3. The zero-order valence-corrected chi connectivity index (χ0v) is 13.9. The van der Waals surface area contributed by atoms with Crippen molar-refractivity contribution in [1.82, 2.24) is 15.3 Å². The van der Waals surface area contributed by atoms with E-state index in [1.165, 1.54) is 23.2 Å². The average Bonchev–Trinajstić information content (AvgIpc) is 2.48. The van der Waals surface area contributed by atoms with Crippen molar-refractivity contribution >= 4 is 15.9 Å². The number of aromatic nitrogens is 2. The fourth-order valence-electron chi connectivity index (χ4n) is 3.00. The van der Waals surface area contributed by atoms with Crippen molar-refractivity contribution in [3.05, 3.63) is 57.6 Å². The zero-order valence-electron chi connectivity index (χ0n) is 12.3. The maximum Gasteiger partial charge on any atom is 0.132 e. The lowest BCUT2D eigenvalue weighted by Crippen LogP contribution is -2.25. The quantitative estimate of drug-likeness (QED) is 0.924. The predicted molar refractivity (Wildman–Crippen MR) is 88.4 cm³/mol.